The van der Waals surface area contributed by atoms with Crippen molar-refractivity contribution < 1.29 is 30.0 Å². The molecule has 4 atom stereocenters. The highest BCUT2D eigenvalue weighted by Gasteiger charge is 2.45. The number of hydrogen-bond donors (Lipinski definition) is 4. The fourth-order valence-corrected chi connectivity index (χ4v) is 1.00. The van der Waals surface area contributed by atoms with Crippen molar-refractivity contribution in [2.24, 2.45) is 0 Å². The third-order valence-electron chi connectivity index (χ3n) is 1.72. The molecule has 1 fully saturated rings. The molecule has 6 nitrogen and oxygen atoms in total. The molecule has 1 aliphatic rings. The lowest BCUT2D eigenvalue weighted by atomic mass is 10.1. The van der Waals surface area contributed by atoms with Gasteiger partial charge in [0.1, 0.15) is 12.2 Å². The maximum atomic E-state index is 10.6. The van der Waals surface area contributed by atoms with Gasteiger partial charge in [-0.1, -0.05) is 0 Å². The van der Waals surface area contributed by atoms with E-state index in [1.54, 1.807) is 0 Å². The van der Waals surface area contributed by atoms with Crippen molar-refractivity contribution in [1.82, 2.24) is 0 Å². The lowest BCUT2D eigenvalue weighted by Gasteiger charge is -2.17. The number of cyclic esters (lactones) is 1. The van der Waals surface area contributed by atoms with Crippen LogP contribution >= 0.6 is 0 Å². The van der Waals surface area contributed by atoms with Gasteiger partial charge < -0.3 is 25.2 Å². The minimum atomic E-state index is -1.63. The van der Waals surface area contributed by atoms with Crippen LogP contribution in [0.15, 0.2) is 0 Å². The highest BCUT2D eigenvalue weighted by Crippen LogP contribution is 2.18. The van der Waals surface area contributed by atoms with Gasteiger partial charge in [-0.3, -0.25) is 0 Å². The molecule has 70 valence electrons. The zero-order chi connectivity index (χ0) is 9.30. The predicted molar refractivity (Wildman–Crippen MR) is 35.0 cm³/mol. The fourth-order valence-electron chi connectivity index (χ4n) is 1.00. The number of ether oxygens (including phenoxy) is 1. The van der Waals surface area contributed by atoms with Gasteiger partial charge in [0, 0.05) is 0 Å². The van der Waals surface area contributed by atoms with E-state index < -0.39 is 37.0 Å². The van der Waals surface area contributed by atoms with Gasteiger partial charge in [-0.15, -0.1) is 0 Å². The molecule has 0 aliphatic carbocycles. The third kappa shape index (κ3) is 1.42. The number of esters is 1. The Hall–Kier alpha value is -0.690. The topological polar surface area (TPSA) is 107 Å². The first-order valence-corrected chi connectivity index (χ1v) is 3.43. The molecule has 0 bridgehead atoms. The van der Waals surface area contributed by atoms with Crippen molar-refractivity contribution in [3.8, 4) is 0 Å². The Morgan fingerprint density at radius 1 is 1.50 bits per heavy atom. The zero-order valence-corrected chi connectivity index (χ0v) is 6.12. The van der Waals surface area contributed by atoms with Crippen molar-refractivity contribution in [3.63, 3.8) is 0 Å². The van der Waals surface area contributed by atoms with Crippen LogP contribution in [0.3, 0.4) is 0 Å². The van der Waals surface area contributed by atoms with Crippen molar-refractivity contribution in [3.05, 3.63) is 0 Å². The van der Waals surface area contributed by atoms with Gasteiger partial charge in [-0.2, -0.15) is 0 Å². The summed E-state index contributed by atoms with van der Waals surface area (Å²) in [6.07, 6.45) is -5.70. The molecule has 1 unspecified atom stereocenters. The molecule has 1 rings (SSSR count). The van der Waals surface area contributed by atoms with E-state index >= 15 is 0 Å². The van der Waals surface area contributed by atoms with E-state index in [1.807, 2.05) is 0 Å². The molecule has 0 aromatic heterocycles. The Morgan fingerprint density at radius 2 is 2.08 bits per heavy atom. The summed E-state index contributed by atoms with van der Waals surface area (Å²) in [5.41, 5.74) is 0. The summed E-state index contributed by atoms with van der Waals surface area (Å²) < 4.78 is 4.39. The SMILES string of the molecule is O=C1O[C@H](C(O)CO)[C@H](O)[C@H]1O. The Bertz CT molecular complexity index is 181. The summed E-state index contributed by atoms with van der Waals surface area (Å²) in [5, 5.41) is 35.3. The van der Waals surface area contributed by atoms with Crippen LogP contribution in [0.25, 0.3) is 0 Å². The van der Waals surface area contributed by atoms with Crippen LogP contribution in [0.2, 0.25) is 0 Å². The maximum Gasteiger partial charge on any atom is 0.338 e. The second kappa shape index (κ2) is 3.36. The van der Waals surface area contributed by atoms with E-state index in [2.05, 4.69) is 4.74 Å². The molecule has 0 saturated carbocycles. The first-order valence-electron chi connectivity index (χ1n) is 3.43. The summed E-state index contributed by atoms with van der Waals surface area (Å²) in [7, 11) is 0. The number of carbonyl (C=O) groups is 1. The Morgan fingerprint density at radius 3 is 2.42 bits per heavy atom. The molecule has 4 N–H and O–H groups in total. The maximum absolute atomic E-state index is 10.6. The normalized spacial score (nSPS) is 38.0. The van der Waals surface area contributed by atoms with E-state index in [0.717, 1.165) is 0 Å². The fraction of sp³-hybridized carbons (Fsp3) is 0.833. The summed E-state index contributed by atoms with van der Waals surface area (Å²) >= 11 is 0. The average Bonchev–Trinajstić information content (AvgIpc) is 2.32. The molecule has 1 saturated heterocycles. The van der Waals surface area contributed by atoms with Crippen LogP contribution < -0.4 is 0 Å². The monoisotopic (exact) mass is 178 g/mol. The molecule has 0 amide bonds. The Kier molecular flexibility index (Phi) is 2.63. The van der Waals surface area contributed by atoms with Gasteiger partial charge in [0.15, 0.2) is 12.2 Å². The summed E-state index contributed by atoms with van der Waals surface area (Å²) in [6, 6.07) is 0. The van der Waals surface area contributed by atoms with Crippen LogP contribution in [0.5, 0.6) is 0 Å². The second-order valence-corrected chi connectivity index (χ2v) is 2.59. The number of aliphatic hydroxyl groups is 4. The van der Waals surface area contributed by atoms with E-state index in [1.165, 1.54) is 0 Å². The van der Waals surface area contributed by atoms with Gasteiger partial charge in [-0.25, -0.2) is 4.79 Å². The van der Waals surface area contributed by atoms with Gasteiger partial charge in [0.25, 0.3) is 0 Å². The van der Waals surface area contributed by atoms with Crippen molar-refractivity contribution in [1.29, 1.82) is 0 Å². The van der Waals surface area contributed by atoms with E-state index in [-0.39, 0.29) is 0 Å². The van der Waals surface area contributed by atoms with Crippen LogP contribution in [0.4, 0.5) is 0 Å². The lowest BCUT2D eigenvalue weighted by Crippen LogP contribution is -2.40. The summed E-state index contributed by atoms with van der Waals surface area (Å²) in [6.45, 7) is -0.637. The molecule has 0 aromatic carbocycles. The van der Waals surface area contributed by atoms with E-state index in [0.29, 0.717) is 0 Å². The number of aliphatic hydroxyl groups excluding tert-OH is 4. The van der Waals surface area contributed by atoms with E-state index in [9.17, 15) is 4.79 Å². The van der Waals surface area contributed by atoms with Gasteiger partial charge in [-0.05, 0) is 0 Å². The predicted octanol–water partition coefficient (Wildman–Crippen LogP) is -3.01. The van der Waals surface area contributed by atoms with Crippen molar-refractivity contribution in [2.75, 3.05) is 6.61 Å². The molecular formula is C6H10O6. The standard InChI is InChI=1S/C6H10O6/c7-1-2(8)5-3(9)4(10)6(11)12-5/h2-5,7-10H,1H2/t2?,3-,4-,5-/m1/s1. The first kappa shape index (κ1) is 9.40. The molecule has 0 spiro atoms. The molecular weight excluding hydrogens is 168 g/mol. The highest BCUT2D eigenvalue weighted by atomic mass is 16.6. The Labute approximate surface area is 68.0 Å². The smallest absolute Gasteiger partial charge is 0.338 e. The van der Waals surface area contributed by atoms with Crippen molar-refractivity contribution >= 4 is 5.97 Å². The van der Waals surface area contributed by atoms with Gasteiger partial charge >= 0.3 is 5.97 Å². The molecule has 1 heterocycles. The van der Waals surface area contributed by atoms with Crippen LogP contribution in [-0.4, -0.2) is 57.4 Å². The largest absolute Gasteiger partial charge is 0.455 e. The number of rotatable bonds is 2. The molecule has 1 aliphatic heterocycles. The van der Waals surface area contributed by atoms with Gasteiger partial charge in [0.2, 0.25) is 0 Å². The average molecular weight is 178 g/mol. The van der Waals surface area contributed by atoms with Crippen molar-refractivity contribution in [2.45, 2.75) is 24.4 Å². The first-order chi connectivity index (χ1) is 5.57. The zero-order valence-electron chi connectivity index (χ0n) is 6.12. The number of carbonyl (C=O) groups excluding carboxylic acids is 1. The molecule has 0 radical (unpaired) electrons. The number of hydrogen-bond acceptors (Lipinski definition) is 6. The van der Waals surface area contributed by atoms with Crippen LogP contribution in [-0.2, 0) is 9.53 Å². The molecule has 0 aromatic rings. The minimum absolute atomic E-state index is 0.637. The minimum Gasteiger partial charge on any atom is -0.455 e. The molecule has 12 heavy (non-hydrogen) atoms. The van der Waals surface area contributed by atoms with Crippen LogP contribution in [0.1, 0.15) is 0 Å². The molecule has 6 heteroatoms. The lowest BCUT2D eigenvalue weighted by molar-refractivity contribution is -0.151. The Balaban J connectivity index is 2.64. The van der Waals surface area contributed by atoms with Crippen LogP contribution in [0, 0.1) is 0 Å². The summed E-state index contributed by atoms with van der Waals surface area (Å²) in [5.74, 6) is -0.986. The van der Waals surface area contributed by atoms with Gasteiger partial charge in [0.05, 0.1) is 6.61 Å². The quantitative estimate of drug-likeness (QED) is 0.335. The second-order valence-electron chi connectivity index (χ2n) is 2.59. The van der Waals surface area contributed by atoms with E-state index in [4.69, 9.17) is 20.4 Å². The highest BCUT2D eigenvalue weighted by molar-refractivity contribution is 5.77. The third-order valence-corrected chi connectivity index (χ3v) is 1.72. The summed E-state index contributed by atoms with van der Waals surface area (Å²) in [4.78, 5) is 10.6.